The molecule has 9 heteroatoms. The molecule has 0 atom stereocenters. The Morgan fingerprint density at radius 1 is 1.15 bits per heavy atom. The topological polar surface area (TPSA) is 109 Å². The first-order valence-electron chi connectivity index (χ1n) is 5.34. The lowest BCUT2D eigenvalue weighted by atomic mass is 10.1. The Kier molecular flexibility index (Phi) is 2.68. The monoisotopic (exact) mass is 291 g/mol. The van der Waals surface area contributed by atoms with E-state index < -0.39 is 29.0 Å². The standard InChI is InChI=1S/C11H5N3O5S/c15-8-7(12-20-13-8)11(18)19-14-9(16)5-3-1-2-4-6(5)10(14)17/h1-4H,(H,13,15). The lowest BCUT2D eigenvalue weighted by Gasteiger charge is -2.10. The van der Waals surface area contributed by atoms with Crippen LogP contribution in [0.25, 0.3) is 0 Å². The highest BCUT2D eigenvalue weighted by atomic mass is 32.1. The van der Waals surface area contributed by atoms with Gasteiger partial charge in [0, 0.05) is 11.7 Å². The van der Waals surface area contributed by atoms with Gasteiger partial charge in [-0.05, 0) is 12.1 Å². The van der Waals surface area contributed by atoms with E-state index in [4.69, 9.17) is 0 Å². The number of rotatable bonds is 2. The van der Waals surface area contributed by atoms with Crippen LogP contribution in [-0.2, 0) is 4.84 Å². The second kappa shape index (κ2) is 4.38. The molecule has 8 nitrogen and oxygen atoms in total. The highest BCUT2D eigenvalue weighted by molar-refractivity contribution is 6.99. The summed E-state index contributed by atoms with van der Waals surface area (Å²) in [6, 6.07) is 6.05. The maximum absolute atomic E-state index is 11.9. The molecule has 0 aliphatic carbocycles. The average Bonchev–Trinajstić information content (AvgIpc) is 2.97. The molecule has 0 fully saturated rings. The zero-order valence-corrected chi connectivity index (χ0v) is 10.5. The van der Waals surface area contributed by atoms with Crippen LogP contribution in [0.15, 0.2) is 29.1 Å². The minimum absolute atomic E-state index is 0.137. The number of imide groups is 1. The molecule has 0 saturated heterocycles. The van der Waals surface area contributed by atoms with Gasteiger partial charge in [-0.25, -0.2) is 4.79 Å². The third-order valence-electron chi connectivity index (χ3n) is 2.61. The van der Waals surface area contributed by atoms with Crippen molar-refractivity contribution in [2.24, 2.45) is 0 Å². The van der Waals surface area contributed by atoms with Gasteiger partial charge in [0.1, 0.15) is 0 Å². The van der Waals surface area contributed by atoms with E-state index in [9.17, 15) is 19.2 Å². The summed E-state index contributed by atoms with van der Waals surface area (Å²) < 4.78 is 5.71. The number of fused-ring (bicyclic) bond motifs is 1. The minimum Gasteiger partial charge on any atom is -0.322 e. The molecule has 0 spiro atoms. The van der Waals surface area contributed by atoms with E-state index in [1.165, 1.54) is 12.1 Å². The van der Waals surface area contributed by atoms with Crippen LogP contribution in [0, 0.1) is 0 Å². The predicted octanol–water partition coefficient (Wildman–Crippen LogP) is 0.199. The largest absolute Gasteiger partial charge is 0.389 e. The second-order valence-electron chi connectivity index (χ2n) is 3.79. The van der Waals surface area contributed by atoms with Gasteiger partial charge >= 0.3 is 5.97 Å². The molecule has 1 aromatic heterocycles. The van der Waals surface area contributed by atoms with Crippen molar-refractivity contribution < 1.29 is 19.2 Å². The number of aromatic nitrogens is 2. The summed E-state index contributed by atoms with van der Waals surface area (Å²) in [6.07, 6.45) is 0. The third-order valence-corrected chi connectivity index (χ3v) is 3.17. The zero-order chi connectivity index (χ0) is 14.3. The molecule has 0 unspecified atom stereocenters. The summed E-state index contributed by atoms with van der Waals surface area (Å²) in [6.45, 7) is 0. The fraction of sp³-hybridized carbons (Fsp3) is 0. The molecule has 3 rings (SSSR count). The lowest BCUT2D eigenvalue weighted by Crippen LogP contribution is -2.34. The molecule has 2 amide bonds. The van der Waals surface area contributed by atoms with Crippen molar-refractivity contribution in [1.82, 2.24) is 13.8 Å². The van der Waals surface area contributed by atoms with E-state index in [0.29, 0.717) is 16.8 Å². The normalized spacial score (nSPS) is 13.5. The molecule has 2 heterocycles. The van der Waals surface area contributed by atoms with Crippen LogP contribution in [0.3, 0.4) is 0 Å². The summed E-state index contributed by atoms with van der Waals surface area (Å²) in [5, 5.41) is 0.325. The molecular weight excluding hydrogens is 286 g/mol. The number of aromatic amines is 1. The fourth-order valence-corrected chi connectivity index (χ4v) is 2.18. The van der Waals surface area contributed by atoms with Crippen LogP contribution in [0.1, 0.15) is 31.2 Å². The van der Waals surface area contributed by atoms with Crippen LogP contribution in [0.2, 0.25) is 0 Å². The summed E-state index contributed by atoms with van der Waals surface area (Å²) in [5.74, 6) is -2.68. The van der Waals surface area contributed by atoms with Gasteiger partial charge in [-0.2, -0.15) is 4.37 Å². The Morgan fingerprint density at radius 2 is 1.75 bits per heavy atom. The first-order valence-corrected chi connectivity index (χ1v) is 6.11. The Bertz CT molecular complexity index is 758. The SMILES string of the molecule is O=C(ON1C(=O)c2ccccc2C1=O)c1ns[nH]c1=O. The van der Waals surface area contributed by atoms with Crippen LogP contribution < -0.4 is 5.56 Å². The smallest absolute Gasteiger partial charge is 0.322 e. The molecule has 100 valence electrons. The van der Waals surface area contributed by atoms with Crippen molar-refractivity contribution in [3.8, 4) is 0 Å². The van der Waals surface area contributed by atoms with Crippen molar-refractivity contribution in [1.29, 1.82) is 0 Å². The molecular formula is C11H5N3O5S. The Hall–Kier alpha value is -2.81. The van der Waals surface area contributed by atoms with E-state index in [2.05, 4.69) is 13.6 Å². The van der Waals surface area contributed by atoms with E-state index in [0.717, 1.165) is 0 Å². The molecule has 20 heavy (non-hydrogen) atoms. The lowest BCUT2D eigenvalue weighted by molar-refractivity contribution is -0.0588. The fourth-order valence-electron chi connectivity index (χ4n) is 1.71. The number of carbonyl (C=O) groups excluding carboxylic acids is 3. The molecule has 1 aliphatic rings. The van der Waals surface area contributed by atoms with Gasteiger partial charge < -0.3 is 4.84 Å². The summed E-state index contributed by atoms with van der Waals surface area (Å²) >= 11 is 0.665. The van der Waals surface area contributed by atoms with Crippen molar-refractivity contribution in [3.63, 3.8) is 0 Å². The van der Waals surface area contributed by atoms with Gasteiger partial charge in [-0.1, -0.05) is 17.2 Å². The van der Waals surface area contributed by atoms with Crippen molar-refractivity contribution in [2.45, 2.75) is 0 Å². The van der Waals surface area contributed by atoms with Gasteiger partial charge in [-0.3, -0.25) is 18.8 Å². The molecule has 0 radical (unpaired) electrons. The molecule has 0 saturated carbocycles. The highest BCUT2D eigenvalue weighted by Gasteiger charge is 2.39. The summed E-state index contributed by atoms with van der Waals surface area (Å²) in [5.41, 5.74) is -0.974. The highest BCUT2D eigenvalue weighted by Crippen LogP contribution is 2.22. The van der Waals surface area contributed by atoms with Crippen LogP contribution in [0.4, 0.5) is 0 Å². The van der Waals surface area contributed by atoms with Gasteiger partial charge in [0.25, 0.3) is 17.4 Å². The van der Waals surface area contributed by atoms with Gasteiger partial charge in [0.2, 0.25) is 5.69 Å². The van der Waals surface area contributed by atoms with Crippen molar-refractivity contribution in [3.05, 3.63) is 51.4 Å². The molecule has 1 N–H and O–H groups in total. The van der Waals surface area contributed by atoms with Gasteiger partial charge in [0.05, 0.1) is 11.1 Å². The van der Waals surface area contributed by atoms with Crippen LogP contribution in [0.5, 0.6) is 0 Å². The number of amides is 2. The number of hydrogen-bond acceptors (Lipinski definition) is 7. The third kappa shape index (κ3) is 1.72. The number of H-pyrrole nitrogens is 1. The van der Waals surface area contributed by atoms with Crippen LogP contribution >= 0.6 is 11.7 Å². The molecule has 1 aliphatic heterocycles. The molecule has 0 bridgehead atoms. The quantitative estimate of drug-likeness (QED) is 0.791. The minimum atomic E-state index is -1.16. The number of benzene rings is 1. The summed E-state index contributed by atoms with van der Waals surface area (Å²) in [4.78, 5) is 51.4. The Balaban J connectivity index is 1.89. The number of carbonyl (C=O) groups is 3. The van der Waals surface area contributed by atoms with E-state index in [1.807, 2.05) is 0 Å². The molecule has 2 aromatic rings. The van der Waals surface area contributed by atoms with Crippen LogP contribution in [-0.4, -0.2) is 31.6 Å². The number of hydrogen-bond donors (Lipinski definition) is 1. The maximum atomic E-state index is 11.9. The Labute approximate surface area is 114 Å². The molecule has 1 aromatic carbocycles. The van der Waals surface area contributed by atoms with E-state index >= 15 is 0 Å². The maximum Gasteiger partial charge on any atom is 0.389 e. The Morgan fingerprint density at radius 3 is 2.25 bits per heavy atom. The van der Waals surface area contributed by atoms with Crippen molar-refractivity contribution in [2.75, 3.05) is 0 Å². The number of hydroxylamine groups is 2. The summed E-state index contributed by atoms with van der Waals surface area (Å²) in [7, 11) is 0. The van der Waals surface area contributed by atoms with Gasteiger partial charge in [0.15, 0.2) is 0 Å². The zero-order valence-electron chi connectivity index (χ0n) is 9.65. The second-order valence-corrected chi connectivity index (χ2v) is 4.36. The average molecular weight is 291 g/mol. The number of nitrogens with one attached hydrogen (secondary N) is 1. The van der Waals surface area contributed by atoms with E-state index in [1.54, 1.807) is 12.1 Å². The van der Waals surface area contributed by atoms with Gasteiger partial charge in [-0.15, -0.1) is 0 Å². The number of nitrogens with zero attached hydrogens (tertiary/aromatic N) is 2. The van der Waals surface area contributed by atoms with Crippen molar-refractivity contribution >= 4 is 29.5 Å². The predicted molar refractivity (Wildman–Crippen MR) is 65.1 cm³/mol. The first-order chi connectivity index (χ1) is 9.59. The first kappa shape index (κ1) is 12.2. The van der Waals surface area contributed by atoms with E-state index in [-0.39, 0.29) is 11.1 Å².